The van der Waals surface area contributed by atoms with Gasteiger partial charge >= 0.3 is 0 Å². The van der Waals surface area contributed by atoms with Crippen LogP contribution in [0.5, 0.6) is 5.75 Å². The van der Waals surface area contributed by atoms with Gasteiger partial charge in [0, 0.05) is 38.4 Å². The minimum atomic E-state index is 0.235. The van der Waals surface area contributed by atoms with Crippen molar-refractivity contribution in [3.05, 3.63) is 41.5 Å². The number of carbonyl (C=O) groups excluding carboxylic acids is 1. The predicted molar refractivity (Wildman–Crippen MR) is 112 cm³/mol. The van der Waals surface area contributed by atoms with Gasteiger partial charge in [-0.05, 0) is 50.7 Å². The molecule has 0 N–H and O–H groups in total. The van der Waals surface area contributed by atoms with Gasteiger partial charge in [0.05, 0.1) is 6.61 Å². The molecule has 1 unspecified atom stereocenters. The summed E-state index contributed by atoms with van der Waals surface area (Å²) in [5, 5.41) is 8.98. The average Bonchev–Trinajstić information content (AvgIpc) is 3.00. The first kappa shape index (κ1) is 19.9. The van der Waals surface area contributed by atoms with Gasteiger partial charge in [0.25, 0.3) is 0 Å². The van der Waals surface area contributed by atoms with Gasteiger partial charge in [-0.2, -0.15) is 0 Å². The highest BCUT2D eigenvalue weighted by Gasteiger charge is 2.29. The summed E-state index contributed by atoms with van der Waals surface area (Å²) in [4.78, 5) is 14.8. The Morgan fingerprint density at radius 2 is 2.03 bits per heavy atom. The van der Waals surface area contributed by atoms with Crippen molar-refractivity contribution < 1.29 is 9.53 Å². The molecule has 29 heavy (non-hydrogen) atoms. The van der Waals surface area contributed by atoms with Crippen molar-refractivity contribution in [2.75, 3.05) is 19.7 Å². The standard InChI is InChI=1S/C23H32N4O2/c1-18-9-4-5-11-20(18)29-16-8-13-22(28)26-14-7-10-19(17-26)23-25-24-21-12-3-2-6-15-27(21)23/h4-5,9,11,19H,2-3,6-8,10,12-17H2,1H3. The zero-order valence-electron chi connectivity index (χ0n) is 17.5. The Morgan fingerprint density at radius 1 is 1.14 bits per heavy atom. The van der Waals surface area contributed by atoms with Crippen LogP contribution < -0.4 is 4.74 Å². The van der Waals surface area contributed by atoms with Crippen LogP contribution in [-0.4, -0.2) is 45.3 Å². The molecule has 1 aromatic carbocycles. The summed E-state index contributed by atoms with van der Waals surface area (Å²) in [5.74, 6) is 3.69. The molecule has 0 bridgehead atoms. The van der Waals surface area contributed by atoms with Gasteiger partial charge in [-0.3, -0.25) is 4.79 Å². The van der Waals surface area contributed by atoms with E-state index in [-0.39, 0.29) is 5.91 Å². The number of amides is 1. The number of rotatable bonds is 6. The van der Waals surface area contributed by atoms with Gasteiger partial charge in [0.1, 0.15) is 17.4 Å². The van der Waals surface area contributed by atoms with E-state index in [1.807, 2.05) is 36.1 Å². The second kappa shape index (κ2) is 9.42. The summed E-state index contributed by atoms with van der Waals surface area (Å²) >= 11 is 0. The summed E-state index contributed by atoms with van der Waals surface area (Å²) in [7, 11) is 0. The Hall–Kier alpha value is -2.37. The Bertz CT molecular complexity index is 832. The lowest BCUT2D eigenvalue weighted by Gasteiger charge is -2.32. The molecule has 3 heterocycles. The number of hydrogen-bond acceptors (Lipinski definition) is 4. The van der Waals surface area contributed by atoms with Crippen molar-refractivity contribution in [1.29, 1.82) is 0 Å². The smallest absolute Gasteiger partial charge is 0.222 e. The number of aromatic nitrogens is 3. The van der Waals surface area contributed by atoms with Gasteiger partial charge in [0.15, 0.2) is 0 Å². The zero-order valence-corrected chi connectivity index (χ0v) is 17.5. The van der Waals surface area contributed by atoms with Crippen molar-refractivity contribution in [3.63, 3.8) is 0 Å². The topological polar surface area (TPSA) is 60.2 Å². The number of carbonyl (C=O) groups is 1. The van der Waals surface area contributed by atoms with Crippen LogP contribution in [0, 0.1) is 6.92 Å². The summed E-state index contributed by atoms with van der Waals surface area (Å²) in [5.41, 5.74) is 1.13. The molecule has 1 fully saturated rings. The minimum absolute atomic E-state index is 0.235. The molecule has 2 aromatic rings. The highest BCUT2D eigenvalue weighted by molar-refractivity contribution is 5.76. The van der Waals surface area contributed by atoms with Crippen molar-refractivity contribution >= 4 is 5.91 Å². The number of likely N-dealkylation sites (tertiary alicyclic amines) is 1. The molecule has 6 heteroatoms. The molecule has 2 aliphatic heterocycles. The molecular formula is C23H32N4O2. The van der Waals surface area contributed by atoms with Crippen LogP contribution in [0.25, 0.3) is 0 Å². The predicted octanol–water partition coefficient (Wildman–Crippen LogP) is 3.88. The molecule has 0 radical (unpaired) electrons. The Morgan fingerprint density at radius 3 is 2.93 bits per heavy atom. The van der Waals surface area contributed by atoms with E-state index in [1.165, 1.54) is 19.3 Å². The molecule has 156 valence electrons. The van der Waals surface area contributed by atoms with Gasteiger partial charge in [0.2, 0.25) is 5.91 Å². The first-order chi connectivity index (χ1) is 14.2. The Kier molecular flexibility index (Phi) is 6.47. The van der Waals surface area contributed by atoms with Crippen molar-refractivity contribution in [2.45, 2.75) is 70.8 Å². The molecule has 1 atom stereocenters. The van der Waals surface area contributed by atoms with Gasteiger partial charge < -0.3 is 14.2 Å². The van der Waals surface area contributed by atoms with Gasteiger partial charge in [-0.25, -0.2) is 0 Å². The Balaban J connectivity index is 1.29. The van der Waals surface area contributed by atoms with E-state index in [9.17, 15) is 4.79 Å². The second-order valence-corrected chi connectivity index (χ2v) is 8.33. The molecule has 6 nitrogen and oxygen atoms in total. The number of aryl methyl sites for hydroxylation is 2. The molecule has 2 aliphatic rings. The molecule has 0 saturated carbocycles. The number of piperidine rings is 1. The third-order valence-electron chi connectivity index (χ3n) is 6.16. The summed E-state index contributed by atoms with van der Waals surface area (Å²) in [6.07, 6.45) is 8.13. The lowest BCUT2D eigenvalue weighted by atomic mass is 9.96. The molecule has 1 amide bonds. The van der Waals surface area contributed by atoms with E-state index < -0.39 is 0 Å². The van der Waals surface area contributed by atoms with E-state index in [2.05, 4.69) is 14.8 Å². The molecule has 1 saturated heterocycles. The summed E-state index contributed by atoms with van der Waals surface area (Å²) in [6, 6.07) is 8.01. The lowest BCUT2D eigenvalue weighted by molar-refractivity contribution is -0.132. The number of fused-ring (bicyclic) bond motifs is 1. The maximum Gasteiger partial charge on any atom is 0.222 e. The van der Waals surface area contributed by atoms with Crippen LogP contribution in [0.2, 0.25) is 0 Å². The maximum absolute atomic E-state index is 12.8. The third kappa shape index (κ3) is 4.80. The second-order valence-electron chi connectivity index (χ2n) is 8.33. The highest BCUT2D eigenvalue weighted by atomic mass is 16.5. The molecular weight excluding hydrogens is 364 g/mol. The van der Waals surface area contributed by atoms with E-state index in [0.717, 1.165) is 68.3 Å². The Labute approximate surface area is 173 Å². The van der Waals surface area contributed by atoms with E-state index in [1.54, 1.807) is 0 Å². The minimum Gasteiger partial charge on any atom is -0.493 e. The van der Waals surface area contributed by atoms with Crippen molar-refractivity contribution in [1.82, 2.24) is 19.7 Å². The van der Waals surface area contributed by atoms with Gasteiger partial charge in [-0.15, -0.1) is 10.2 Å². The molecule has 0 aliphatic carbocycles. The quantitative estimate of drug-likeness (QED) is 0.695. The van der Waals surface area contributed by atoms with E-state index in [0.29, 0.717) is 18.9 Å². The van der Waals surface area contributed by atoms with Crippen LogP contribution in [0.4, 0.5) is 0 Å². The number of nitrogens with zero attached hydrogens (tertiary/aromatic N) is 4. The third-order valence-corrected chi connectivity index (χ3v) is 6.16. The fraction of sp³-hybridized carbons (Fsp3) is 0.609. The van der Waals surface area contributed by atoms with Crippen molar-refractivity contribution in [2.24, 2.45) is 0 Å². The highest BCUT2D eigenvalue weighted by Crippen LogP contribution is 2.28. The van der Waals surface area contributed by atoms with E-state index >= 15 is 0 Å². The molecule has 4 rings (SSSR count). The summed E-state index contributed by atoms with van der Waals surface area (Å²) in [6.45, 7) is 5.27. The van der Waals surface area contributed by atoms with Crippen LogP contribution in [-0.2, 0) is 17.8 Å². The number of hydrogen-bond donors (Lipinski definition) is 0. The van der Waals surface area contributed by atoms with Crippen LogP contribution in [0.3, 0.4) is 0 Å². The van der Waals surface area contributed by atoms with Gasteiger partial charge in [-0.1, -0.05) is 24.6 Å². The van der Waals surface area contributed by atoms with Crippen molar-refractivity contribution in [3.8, 4) is 5.75 Å². The fourth-order valence-electron chi connectivity index (χ4n) is 4.51. The number of ether oxygens (including phenoxy) is 1. The van der Waals surface area contributed by atoms with E-state index in [4.69, 9.17) is 4.74 Å². The molecule has 1 aromatic heterocycles. The zero-order chi connectivity index (χ0) is 20.1. The fourth-order valence-corrected chi connectivity index (χ4v) is 4.51. The number of benzene rings is 1. The van der Waals surface area contributed by atoms with Crippen LogP contribution >= 0.6 is 0 Å². The first-order valence-corrected chi connectivity index (χ1v) is 11.1. The van der Waals surface area contributed by atoms with Crippen LogP contribution in [0.1, 0.15) is 68.1 Å². The molecule has 0 spiro atoms. The monoisotopic (exact) mass is 396 g/mol. The lowest BCUT2D eigenvalue weighted by Crippen LogP contribution is -2.39. The SMILES string of the molecule is Cc1ccccc1OCCCC(=O)N1CCCC(c2nnc3n2CCCCC3)C1. The average molecular weight is 397 g/mol. The number of para-hydroxylation sites is 1. The first-order valence-electron chi connectivity index (χ1n) is 11.1. The largest absolute Gasteiger partial charge is 0.493 e. The summed E-state index contributed by atoms with van der Waals surface area (Å²) < 4.78 is 8.17. The maximum atomic E-state index is 12.8. The normalized spacial score (nSPS) is 19.5. The van der Waals surface area contributed by atoms with Crippen LogP contribution in [0.15, 0.2) is 24.3 Å².